The van der Waals surface area contributed by atoms with Crippen molar-refractivity contribution in [3.05, 3.63) is 23.5 Å². The highest BCUT2D eigenvalue weighted by atomic mass is 79.9. The van der Waals surface area contributed by atoms with E-state index in [-0.39, 0.29) is 0 Å². The van der Waals surface area contributed by atoms with E-state index in [0.29, 0.717) is 11.3 Å². The second-order valence-corrected chi connectivity index (χ2v) is 5.65. The fourth-order valence-electron chi connectivity index (χ4n) is 1.27. The van der Waals surface area contributed by atoms with E-state index in [1.807, 2.05) is 0 Å². The Morgan fingerprint density at radius 3 is 2.50 bits per heavy atom. The third-order valence-corrected chi connectivity index (χ3v) is 2.92. The number of aromatic nitrogens is 1. The first-order valence-electron chi connectivity index (χ1n) is 5.38. The predicted octanol–water partition coefficient (Wildman–Crippen LogP) is 2.58. The average Bonchev–Trinajstić information content (AvgIpc) is 2.73. The molecule has 1 rings (SSSR count). The van der Waals surface area contributed by atoms with Crippen molar-refractivity contribution in [2.75, 3.05) is 7.11 Å². The second-order valence-electron chi connectivity index (χ2n) is 4.73. The van der Waals surface area contributed by atoms with Gasteiger partial charge in [0, 0.05) is 6.20 Å². The van der Waals surface area contributed by atoms with Crippen LogP contribution in [0.5, 0.6) is 0 Å². The molecule has 1 atom stereocenters. The number of halogens is 1. The molecule has 5 nitrogen and oxygen atoms in total. The molecule has 0 aromatic carbocycles. The fourth-order valence-corrected chi connectivity index (χ4v) is 1.63. The maximum Gasteiger partial charge on any atom is 0.354 e. The van der Waals surface area contributed by atoms with Crippen molar-refractivity contribution < 1.29 is 19.1 Å². The van der Waals surface area contributed by atoms with E-state index in [0.717, 1.165) is 0 Å². The van der Waals surface area contributed by atoms with Crippen LogP contribution in [0.4, 0.5) is 0 Å². The Balaban J connectivity index is 2.78. The fraction of sp³-hybridized carbons (Fsp3) is 0.500. The third kappa shape index (κ3) is 3.87. The molecule has 0 aliphatic heterocycles. The molecular weight excluding hydrogens is 302 g/mol. The molecule has 1 N–H and O–H groups in total. The number of nitrogens with one attached hydrogen (secondary N) is 1. The second kappa shape index (κ2) is 5.56. The highest BCUT2D eigenvalue weighted by Gasteiger charge is 2.25. The SMILES string of the molecule is COC(=O)c1cc(C(Br)C(=O)OC(C)(C)C)c[nH]1. The Morgan fingerprint density at radius 1 is 1.39 bits per heavy atom. The predicted molar refractivity (Wildman–Crippen MR) is 69.6 cm³/mol. The summed E-state index contributed by atoms with van der Waals surface area (Å²) >= 11 is 3.24. The van der Waals surface area contributed by atoms with Gasteiger partial charge in [-0.15, -0.1) is 0 Å². The van der Waals surface area contributed by atoms with Gasteiger partial charge in [0.15, 0.2) is 0 Å². The van der Waals surface area contributed by atoms with Gasteiger partial charge in [0.05, 0.1) is 7.11 Å². The van der Waals surface area contributed by atoms with E-state index < -0.39 is 22.4 Å². The molecule has 1 heterocycles. The van der Waals surface area contributed by atoms with E-state index in [4.69, 9.17) is 4.74 Å². The van der Waals surface area contributed by atoms with Crippen LogP contribution in [0.3, 0.4) is 0 Å². The average molecular weight is 318 g/mol. The summed E-state index contributed by atoms with van der Waals surface area (Å²) in [5.41, 5.74) is 0.357. The number of hydrogen-bond acceptors (Lipinski definition) is 4. The number of alkyl halides is 1. The summed E-state index contributed by atoms with van der Waals surface area (Å²) in [6.07, 6.45) is 1.57. The Labute approximate surface area is 114 Å². The van der Waals surface area contributed by atoms with Crippen molar-refractivity contribution in [3.63, 3.8) is 0 Å². The molecule has 0 saturated heterocycles. The van der Waals surface area contributed by atoms with Gasteiger partial charge >= 0.3 is 11.9 Å². The number of aromatic amines is 1. The van der Waals surface area contributed by atoms with Crippen molar-refractivity contribution in [1.29, 1.82) is 0 Å². The van der Waals surface area contributed by atoms with Gasteiger partial charge in [-0.25, -0.2) is 4.79 Å². The summed E-state index contributed by atoms with van der Waals surface area (Å²) in [4.78, 5) is 25.2. The van der Waals surface area contributed by atoms with Crippen LogP contribution in [0.25, 0.3) is 0 Å². The van der Waals surface area contributed by atoms with E-state index in [1.165, 1.54) is 7.11 Å². The Kier molecular flexibility index (Phi) is 4.56. The summed E-state index contributed by atoms with van der Waals surface area (Å²) in [6, 6.07) is 1.55. The van der Waals surface area contributed by atoms with Crippen LogP contribution in [0.2, 0.25) is 0 Å². The molecule has 6 heteroatoms. The molecule has 0 aliphatic carbocycles. The van der Waals surface area contributed by atoms with Crippen molar-refractivity contribution in [2.24, 2.45) is 0 Å². The minimum Gasteiger partial charge on any atom is -0.464 e. The third-order valence-electron chi connectivity index (χ3n) is 2.02. The number of rotatable bonds is 3. The molecule has 0 aliphatic rings. The zero-order valence-corrected chi connectivity index (χ0v) is 12.3. The van der Waals surface area contributed by atoms with Crippen molar-refractivity contribution >= 4 is 27.9 Å². The first kappa shape index (κ1) is 14.8. The monoisotopic (exact) mass is 317 g/mol. The molecular formula is C12H16BrNO4. The van der Waals surface area contributed by atoms with Crippen LogP contribution in [0.1, 0.15) is 41.7 Å². The smallest absolute Gasteiger partial charge is 0.354 e. The summed E-state index contributed by atoms with van der Waals surface area (Å²) in [5.74, 6) is -0.886. The molecule has 0 amide bonds. The summed E-state index contributed by atoms with van der Waals surface area (Å²) in [7, 11) is 1.29. The van der Waals surface area contributed by atoms with Gasteiger partial charge in [-0.3, -0.25) is 4.79 Å². The summed E-state index contributed by atoms with van der Waals surface area (Å²) in [5, 5.41) is 0. The Hall–Kier alpha value is -1.30. The Bertz CT molecular complexity index is 447. The van der Waals surface area contributed by atoms with Crippen molar-refractivity contribution in [1.82, 2.24) is 4.98 Å². The van der Waals surface area contributed by atoms with E-state index in [1.54, 1.807) is 33.0 Å². The van der Waals surface area contributed by atoms with Crippen LogP contribution >= 0.6 is 15.9 Å². The molecule has 0 fully saturated rings. The topological polar surface area (TPSA) is 68.4 Å². The summed E-state index contributed by atoms with van der Waals surface area (Å²) < 4.78 is 9.80. The van der Waals surface area contributed by atoms with Crippen LogP contribution in [0.15, 0.2) is 12.3 Å². The van der Waals surface area contributed by atoms with Gasteiger partial charge < -0.3 is 14.5 Å². The number of hydrogen-bond donors (Lipinski definition) is 1. The minimum absolute atomic E-state index is 0.292. The van der Waals surface area contributed by atoms with E-state index in [2.05, 4.69) is 25.7 Å². The van der Waals surface area contributed by atoms with Crippen LogP contribution in [-0.2, 0) is 14.3 Å². The normalized spacial score (nSPS) is 12.9. The van der Waals surface area contributed by atoms with Gasteiger partial charge in [-0.05, 0) is 32.4 Å². The maximum absolute atomic E-state index is 11.8. The molecule has 0 spiro atoms. The lowest BCUT2D eigenvalue weighted by atomic mass is 10.2. The van der Waals surface area contributed by atoms with Gasteiger partial charge in [0.25, 0.3) is 0 Å². The lowest BCUT2D eigenvalue weighted by molar-refractivity contribution is -0.154. The number of methoxy groups -OCH3 is 1. The van der Waals surface area contributed by atoms with Crippen molar-refractivity contribution in [3.8, 4) is 0 Å². The van der Waals surface area contributed by atoms with Crippen LogP contribution in [-0.4, -0.2) is 29.6 Å². The number of H-pyrrole nitrogens is 1. The standard InChI is InChI=1S/C12H16BrNO4/c1-12(2,3)18-11(16)9(13)7-5-8(14-6-7)10(15)17-4/h5-6,9,14H,1-4H3. The molecule has 100 valence electrons. The van der Waals surface area contributed by atoms with Gasteiger partial charge in [0.1, 0.15) is 16.1 Å². The van der Waals surface area contributed by atoms with E-state index >= 15 is 0 Å². The van der Waals surface area contributed by atoms with Gasteiger partial charge in [0.2, 0.25) is 0 Å². The highest BCUT2D eigenvalue weighted by Crippen LogP contribution is 2.27. The highest BCUT2D eigenvalue weighted by molar-refractivity contribution is 9.09. The molecule has 0 radical (unpaired) electrons. The molecule has 0 bridgehead atoms. The van der Waals surface area contributed by atoms with Crippen LogP contribution < -0.4 is 0 Å². The number of ether oxygens (including phenoxy) is 2. The zero-order chi connectivity index (χ0) is 13.9. The first-order valence-corrected chi connectivity index (χ1v) is 6.29. The molecule has 1 aromatic rings. The maximum atomic E-state index is 11.8. The quantitative estimate of drug-likeness (QED) is 0.687. The molecule has 18 heavy (non-hydrogen) atoms. The number of esters is 2. The lowest BCUT2D eigenvalue weighted by Gasteiger charge is -2.21. The van der Waals surface area contributed by atoms with E-state index in [9.17, 15) is 9.59 Å². The first-order chi connectivity index (χ1) is 8.24. The summed E-state index contributed by atoms with van der Waals surface area (Å²) in [6.45, 7) is 5.38. The van der Waals surface area contributed by atoms with Crippen molar-refractivity contribution in [2.45, 2.75) is 31.2 Å². The molecule has 1 aromatic heterocycles. The van der Waals surface area contributed by atoms with Crippen LogP contribution in [0, 0.1) is 0 Å². The largest absolute Gasteiger partial charge is 0.464 e. The van der Waals surface area contributed by atoms with Gasteiger partial charge in [-0.2, -0.15) is 0 Å². The number of carbonyl (C=O) groups excluding carboxylic acids is 2. The zero-order valence-electron chi connectivity index (χ0n) is 10.7. The lowest BCUT2D eigenvalue weighted by Crippen LogP contribution is -2.25. The number of carbonyl (C=O) groups is 2. The Morgan fingerprint density at radius 2 is 2.00 bits per heavy atom. The van der Waals surface area contributed by atoms with Gasteiger partial charge in [-0.1, -0.05) is 15.9 Å². The minimum atomic E-state index is -0.619. The molecule has 0 saturated carbocycles. The molecule has 1 unspecified atom stereocenters.